The molecule has 0 amide bonds. The molecule has 2 aromatic heterocycles. The highest BCUT2D eigenvalue weighted by molar-refractivity contribution is 5.90. The van der Waals surface area contributed by atoms with Crippen LogP contribution in [0.2, 0.25) is 0 Å². The van der Waals surface area contributed by atoms with Gasteiger partial charge in [0.1, 0.15) is 34.3 Å². The van der Waals surface area contributed by atoms with E-state index in [2.05, 4.69) is 4.98 Å². The fourth-order valence-electron chi connectivity index (χ4n) is 3.09. The summed E-state index contributed by atoms with van der Waals surface area (Å²) in [6.45, 7) is 3.48. The SMILES string of the molecule is CC1(C)Oc2c(c(O)cc3occ(-c4ccncc4)c(=O)c23)CC1O. The Bertz CT molecular complexity index is 1020. The van der Waals surface area contributed by atoms with E-state index in [-0.39, 0.29) is 34.3 Å². The molecule has 0 saturated carbocycles. The average Bonchev–Trinajstić information content (AvgIpc) is 2.57. The molecule has 25 heavy (non-hydrogen) atoms. The molecule has 0 bridgehead atoms. The largest absolute Gasteiger partial charge is 0.507 e. The third-order valence-corrected chi connectivity index (χ3v) is 4.66. The van der Waals surface area contributed by atoms with Crippen LogP contribution in [0.15, 0.2) is 46.1 Å². The summed E-state index contributed by atoms with van der Waals surface area (Å²) in [4.78, 5) is 17.1. The number of aromatic hydroxyl groups is 1. The Balaban J connectivity index is 2.04. The molecule has 128 valence electrons. The fourth-order valence-corrected chi connectivity index (χ4v) is 3.09. The molecule has 1 atom stereocenters. The first-order chi connectivity index (χ1) is 11.9. The van der Waals surface area contributed by atoms with E-state index in [4.69, 9.17) is 9.15 Å². The lowest BCUT2D eigenvalue weighted by Crippen LogP contribution is -2.46. The van der Waals surface area contributed by atoms with Crippen LogP contribution in [0, 0.1) is 0 Å². The second-order valence-corrected chi connectivity index (χ2v) is 6.72. The van der Waals surface area contributed by atoms with Crippen LogP contribution in [0.4, 0.5) is 0 Å². The molecule has 0 saturated heterocycles. The Morgan fingerprint density at radius 3 is 2.72 bits per heavy atom. The van der Waals surface area contributed by atoms with Gasteiger partial charge in [-0.2, -0.15) is 0 Å². The molecule has 6 heteroatoms. The predicted molar refractivity (Wildman–Crippen MR) is 91.8 cm³/mol. The number of rotatable bonds is 1. The molecule has 3 heterocycles. The summed E-state index contributed by atoms with van der Waals surface area (Å²) in [5.74, 6) is 0.215. The molecule has 1 unspecified atom stereocenters. The third kappa shape index (κ3) is 2.37. The van der Waals surface area contributed by atoms with E-state index in [1.165, 1.54) is 12.3 Å². The molecule has 2 N–H and O–H groups in total. The highest BCUT2D eigenvalue weighted by atomic mass is 16.5. The van der Waals surface area contributed by atoms with Gasteiger partial charge in [-0.15, -0.1) is 0 Å². The van der Waals surface area contributed by atoms with Crippen LogP contribution in [-0.2, 0) is 6.42 Å². The molecule has 3 aromatic rings. The lowest BCUT2D eigenvalue weighted by molar-refractivity contribution is -0.0406. The summed E-state index contributed by atoms with van der Waals surface area (Å²) >= 11 is 0. The lowest BCUT2D eigenvalue weighted by Gasteiger charge is -2.37. The van der Waals surface area contributed by atoms with E-state index in [1.807, 2.05) is 0 Å². The monoisotopic (exact) mass is 339 g/mol. The molecule has 0 aliphatic carbocycles. The number of phenolic OH excluding ortho intramolecular Hbond substituents is 1. The lowest BCUT2D eigenvalue weighted by atomic mass is 9.89. The number of aliphatic hydroxyl groups excluding tert-OH is 1. The van der Waals surface area contributed by atoms with Crippen LogP contribution in [0.3, 0.4) is 0 Å². The minimum Gasteiger partial charge on any atom is -0.507 e. The van der Waals surface area contributed by atoms with Gasteiger partial charge in [-0.05, 0) is 31.5 Å². The van der Waals surface area contributed by atoms with Gasteiger partial charge in [0.2, 0.25) is 5.43 Å². The molecular formula is C19H17NO5. The van der Waals surface area contributed by atoms with Gasteiger partial charge in [0.05, 0.1) is 11.7 Å². The number of pyridine rings is 1. The first kappa shape index (κ1) is 15.7. The van der Waals surface area contributed by atoms with Crippen LogP contribution >= 0.6 is 0 Å². The quantitative estimate of drug-likeness (QED) is 0.708. The number of fused-ring (bicyclic) bond motifs is 3. The summed E-state index contributed by atoms with van der Waals surface area (Å²) in [5.41, 5.74) is 0.589. The Morgan fingerprint density at radius 2 is 2.00 bits per heavy atom. The number of nitrogens with zero attached hydrogens (tertiary/aromatic N) is 1. The Hall–Kier alpha value is -2.86. The number of ether oxygens (including phenoxy) is 1. The third-order valence-electron chi connectivity index (χ3n) is 4.66. The van der Waals surface area contributed by atoms with Crippen LogP contribution in [0.25, 0.3) is 22.1 Å². The zero-order valence-corrected chi connectivity index (χ0v) is 13.8. The molecule has 6 nitrogen and oxygen atoms in total. The van der Waals surface area contributed by atoms with E-state index in [0.717, 1.165) is 0 Å². The van der Waals surface area contributed by atoms with Crippen LogP contribution in [-0.4, -0.2) is 26.9 Å². The standard InChI is InChI=1S/C19H17NO5/c1-19(2)15(22)7-11-13(21)8-14-16(18(11)25-19)17(23)12(9-24-14)10-3-5-20-6-4-10/h3-6,8-9,15,21-22H,7H2,1-2H3. The van der Waals surface area contributed by atoms with Crippen molar-refractivity contribution in [1.29, 1.82) is 0 Å². The summed E-state index contributed by atoms with van der Waals surface area (Å²) in [6.07, 6.45) is 3.97. The second-order valence-electron chi connectivity index (χ2n) is 6.72. The van der Waals surface area contributed by atoms with Gasteiger partial charge in [0, 0.05) is 30.4 Å². The van der Waals surface area contributed by atoms with Gasteiger partial charge < -0.3 is 19.4 Å². The molecule has 1 aliphatic rings. The Labute approximate surface area is 143 Å². The average molecular weight is 339 g/mol. The summed E-state index contributed by atoms with van der Waals surface area (Å²) < 4.78 is 11.5. The van der Waals surface area contributed by atoms with Gasteiger partial charge in [-0.1, -0.05) is 0 Å². The van der Waals surface area contributed by atoms with Crippen molar-refractivity contribution in [3.8, 4) is 22.6 Å². The van der Waals surface area contributed by atoms with Crippen molar-refractivity contribution < 1.29 is 19.4 Å². The number of hydrogen-bond acceptors (Lipinski definition) is 6. The molecule has 4 rings (SSSR count). The zero-order chi connectivity index (χ0) is 17.8. The van der Waals surface area contributed by atoms with Gasteiger partial charge >= 0.3 is 0 Å². The van der Waals surface area contributed by atoms with E-state index >= 15 is 0 Å². The maximum atomic E-state index is 13.1. The van der Waals surface area contributed by atoms with E-state index in [1.54, 1.807) is 38.4 Å². The minimum atomic E-state index is -0.882. The van der Waals surface area contributed by atoms with Crippen molar-refractivity contribution in [2.75, 3.05) is 0 Å². The molecule has 0 fully saturated rings. The topological polar surface area (TPSA) is 92.8 Å². The predicted octanol–water partition coefficient (Wildman–Crippen LogP) is 2.64. The zero-order valence-electron chi connectivity index (χ0n) is 13.8. The highest BCUT2D eigenvalue weighted by Gasteiger charge is 2.38. The van der Waals surface area contributed by atoms with Gasteiger partial charge in [-0.25, -0.2) is 0 Å². The van der Waals surface area contributed by atoms with Crippen molar-refractivity contribution in [3.63, 3.8) is 0 Å². The summed E-state index contributed by atoms with van der Waals surface area (Å²) in [7, 11) is 0. The second kappa shape index (κ2) is 5.32. The summed E-state index contributed by atoms with van der Waals surface area (Å²) in [6, 6.07) is 4.83. The first-order valence-electron chi connectivity index (χ1n) is 7.96. The Kier molecular flexibility index (Phi) is 3.33. The maximum absolute atomic E-state index is 13.1. The van der Waals surface area contributed by atoms with Crippen LogP contribution in [0.1, 0.15) is 19.4 Å². The van der Waals surface area contributed by atoms with E-state index < -0.39 is 11.7 Å². The number of benzene rings is 1. The van der Waals surface area contributed by atoms with Crippen molar-refractivity contribution in [2.45, 2.75) is 32.0 Å². The van der Waals surface area contributed by atoms with Gasteiger partial charge in [0.15, 0.2) is 0 Å². The van der Waals surface area contributed by atoms with Crippen molar-refractivity contribution in [1.82, 2.24) is 4.98 Å². The molecule has 0 radical (unpaired) electrons. The number of aromatic nitrogens is 1. The molecule has 1 aromatic carbocycles. The molecular weight excluding hydrogens is 322 g/mol. The normalized spacial score (nSPS) is 18.6. The highest BCUT2D eigenvalue weighted by Crippen LogP contribution is 2.42. The smallest absolute Gasteiger partial charge is 0.204 e. The number of phenols is 1. The van der Waals surface area contributed by atoms with Crippen molar-refractivity contribution >= 4 is 11.0 Å². The van der Waals surface area contributed by atoms with Crippen LogP contribution < -0.4 is 10.2 Å². The van der Waals surface area contributed by atoms with Gasteiger partial charge in [-0.3, -0.25) is 9.78 Å². The van der Waals surface area contributed by atoms with Gasteiger partial charge in [0.25, 0.3) is 0 Å². The van der Waals surface area contributed by atoms with E-state index in [9.17, 15) is 15.0 Å². The van der Waals surface area contributed by atoms with Crippen LogP contribution in [0.5, 0.6) is 11.5 Å². The first-order valence-corrected chi connectivity index (χ1v) is 7.96. The summed E-state index contributed by atoms with van der Waals surface area (Å²) in [5, 5.41) is 20.8. The maximum Gasteiger partial charge on any atom is 0.204 e. The molecule has 1 aliphatic heterocycles. The Morgan fingerprint density at radius 1 is 1.28 bits per heavy atom. The fraction of sp³-hybridized carbons (Fsp3) is 0.263. The van der Waals surface area contributed by atoms with E-state index in [0.29, 0.717) is 16.7 Å². The molecule has 0 spiro atoms. The minimum absolute atomic E-state index is 0.0585. The number of aliphatic hydroxyl groups is 1. The number of hydrogen-bond donors (Lipinski definition) is 2. The van der Waals surface area contributed by atoms with Crippen molar-refractivity contribution in [3.05, 3.63) is 52.6 Å². The van der Waals surface area contributed by atoms with Crippen molar-refractivity contribution in [2.24, 2.45) is 0 Å².